The molecule has 0 aliphatic rings. The van der Waals surface area contributed by atoms with Crippen molar-refractivity contribution in [2.75, 3.05) is 7.11 Å². The zero-order valence-electron chi connectivity index (χ0n) is 20.2. The summed E-state index contributed by atoms with van der Waals surface area (Å²) in [7, 11) is 1.99. The van der Waals surface area contributed by atoms with Crippen LogP contribution >= 0.6 is 0 Å². The van der Waals surface area contributed by atoms with Gasteiger partial charge in [-0.2, -0.15) is 0 Å². The lowest BCUT2D eigenvalue weighted by Gasteiger charge is -2.40. The van der Waals surface area contributed by atoms with Gasteiger partial charge < -0.3 is 20.9 Å². The molecule has 0 saturated carbocycles. The first-order chi connectivity index (χ1) is 11.4. The van der Waals surface area contributed by atoms with E-state index in [-0.39, 0.29) is 0 Å². The molecule has 0 amide bonds. The van der Waals surface area contributed by atoms with E-state index in [0.29, 0.717) is 0 Å². The highest BCUT2D eigenvalue weighted by molar-refractivity contribution is 7.15. The van der Waals surface area contributed by atoms with Gasteiger partial charge >= 0.3 is 25.7 Å². The molecule has 0 aliphatic heterocycles. The Bertz CT molecular complexity index is 419. The van der Waals surface area contributed by atoms with E-state index in [4.69, 9.17) is 35.8 Å². The Kier molecular flexibility index (Phi) is 11.8. The molecule has 0 rings (SSSR count). The maximum Gasteiger partial charge on any atom is 0.321 e. The van der Waals surface area contributed by atoms with Crippen LogP contribution in [-0.2, 0) is 20.9 Å². The second-order valence-corrected chi connectivity index (χ2v) is 32.8. The fraction of sp³-hybridized carbons (Fsp3) is 1.00. The lowest BCUT2D eigenvalue weighted by molar-refractivity contribution is 0.311. The lowest BCUT2D eigenvalue weighted by atomic mass is 10.7. The normalized spacial score (nSPS) is 14.6. The van der Waals surface area contributed by atoms with E-state index in [1.807, 2.05) is 52.4 Å². The summed E-state index contributed by atoms with van der Waals surface area (Å²) in [6, 6.07) is 0. The Balaban J connectivity index is 0. The van der Waals surface area contributed by atoms with Gasteiger partial charge in [0.1, 0.15) is 16.4 Å². The van der Waals surface area contributed by atoms with Gasteiger partial charge in [0, 0.05) is 7.11 Å². The van der Waals surface area contributed by atoms with Gasteiger partial charge in [0.25, 0.3) is 0 Å². The van der Waals surface area contributed by atoms with Gasteiger partial charge in [0.2, 0.25) is 0 Å². The highest BCUT2D eigenvalue weighted by Crippen LogP contribution is 2.22. The summed E-state index contributed by atoms with van der Waals surface area (Å²) in [5.41, 5.74) is 0. The molecule has 158 valence electrons. The van der Waals surface area contributed by atoms with Crippen LogP contribution in [0.2, 0.25) is 85.1 Å². The molecular weight excluding hydrogens is 438 g/mol. The minimum absolute atomic E-state index is 1.38. The molecule has 0 aromatic heterocycles. The van der Waals surface area contributed by atoms with E-state index < -0.39 is 50.4 Å². The van der Waals surface area contributed by atoms with Crippen LogP contribution in [0, 0.1) is 0 Å². The Labute approximate surface area is 178 Å². The van der Waals surface area contributed by atoms with Crippen LogP contribution in [0.4, 0.5) is 0 Å². The summed E-state index contributed by atoms with van der Waals surface area (Å²) < 4.78 is 29.1. The van der Waals surface area contributed by atoms with Gasteiger partial charge in [-0.3, -0.25) is 0 Å². The second kappa shape index (κ2) is 10.5. The molecule has 0 aliphatic carbocycles. The highest BCUT2D eigenvalue weighted by atomic mass is 28.5. The first kappa shape index (κ1) is 30.4. The van der Waals surface area contributed by atoms with Crippen molar-refractivity contribution in [1.82, 2.24) is 0 Å². The van der Waals surface area contributed by atoms with E-state index in [0.717, 1.165) is 0 Å². The molecule has 0 aromatic rings. The Morgan fingerprint density at radius 1 is 0.444 bits per heavy atom. The molecule has 0 fully saturated rings. The van der Waals surface area contributed by atoms with Crippen molar-refractivity contribution < 1.29 is 20.9 Å². The fourth-order valence-electron chi connectivity index (χ4n) is 2.68. The maximum absolute atomic E-state index is 6.12. The van der Waals surface area contributed by atoms with Crippen LogP contribution in [-0.4, -0.2) is 72.4 Å². The molecule has 5 nitrogen and oxygen atoms in total. The van der Waals surface area contributed by atoms with Crippen molar-refractivity contribution >= 4 is 65.3 Å². The van der Waals surface area contributed by atoms with E-state index in [2.05, 4.69) is 32.7 Å². The summed E-state index contributed by atoms with van der Waals surface area (Å²) in [6.45, 7) is 26.6. The van der Waals surface area contributed by atoms with Crippen molar-refractivity contribution in [2.45, 2.75) is 85.1 Å². The molecular formula is C14H42B2O5Si6. The zero-order chi connectivity index (χ0) is 22.5. The number of hydrogen-bond donors (Lipinski definition) is 0. The average molecular weight is 481 g/mol. The SMILES string of the molecule is CO[Si](C)(C)O[Si](C)(C)C.[B][Si](C)(C)O[Si](C)(C)O[Si](C)(C)O[Si]([B])(C)C. The molecule has 0 spiro atoms. The molecule has 0 saturated heterocycles. The Morgan fingerprint density at radius 3 is 0.889 bits per heavy atom. The van der Waals surface area contributed by atoms with Crippen molar-refractivity contribution in [3.63, 3.8) is 0 Å². The average Bonchev–Trinajstić information content (AvgIpc) is 2.16. The minimum atomic E-state index is -2.23. The van der Waals surface area contributed by atoms with Crippen LogP contribution in [0.25, 0.3) is 0 Å². The van der Waals surface area contributed by atoms with Crippen molar-refractivity contribution in [3.8, 4) is 0 Å². The molecule has 0 N–H and O–H groups in total. The van der Waals surface area contributed by atoms with Gasteiger partial charge in [0.05, 0.1) is 14.9 Å². The molecule has 27 heavy (non-hydrogen) atoms. The predicted octanol–water partition coefficient (Wildman–Crippen LogP) is 4.37. The quantitative estimate of drug-likeness (QED) is 0.459. The summed E-state index contributed by atoms with van der Waals surface area (Å²) in [4.78, 5) is 0. The van der Waals surface area contributed by atoms with Gasteiger partial charge in [-0.15, -0.1) is 0 Å². The number of rotatable bonds is 9. The van der Waals surface area contributed by atoms with E-state index in [1.54, 1.807) is 7.11 Å². The molecule has 13 heteroatoms. The van der Waals surface area contributed by atoms with E-state index in [1.165, 1.54) is 0 Å². The third kappa shape index (κ3) is 21.8. The van der Waals surface area contributed by atoms with Gasteiger partial charge in [-0.1, -0.05) is 26.2 Å². The van der Waals surface area contributed by atoms with Gasteiger partial charge in [0.15, 0.2) is 8.32 Å². The van der Waals surface area contributed by atoms with Crippen LogP contribution in [0.5, 0.6) is 0 Å². The van der Waals surface area contributed by atoms with Gasteiger partial charge in [-0.25, -0.2) is 0 Å². The van der Waals surface area contributed by atoms with E-state index >= 15 is 0 Å². The monoisotopic (exact) mass is 480 g/mol. The molecule has 0 aromatic carbocycles. The zero-order valence-corrected chi connectivity index (χ0v) is 26.2. The molecule has 0 heterocycles. The summed E-state index contributed by atoms with van der Waals surface area (Å²) in [5.74, 6) is 0. The summed E-state index contributed by atoms with van der Waals surface area (Å²) in [5, 5.41) is 0. The second-order valence-electron chi connectivity index (χ2n) is 10.1. The van der Waals surface area contributed by atoms with Crippen LogP contribution < -0.4 is 0 Å². The van der Waals surface area contributed by atoms with Gasteiger partial charge in [-0.05, 0) is 58.9 Å². The van der Waals surface area contributed by atoms with Crippen LogP contribution in [0.15, 0.2) is 0 Å². The summed E-state index contributed by atoms with van der Waals surface area (Å²) in [6.07, 6.45) is 0. The third-order valence-electron chi connectivity index (χ3n) is 2.55. The standard InChI is InChI=1S/C8H24B2O3Si4.C6H18O2Si2/c1-14(2,9)11-16(5,6)13-17(7,8)12-15(3,4)10;1-7-10(5,6)8-9(2,3)4/h1-8H3;1-6H3. The lowest BCUT2D eigenvalue weighted by Crippen LogP contribution is -2.56. The Morgan fingerprint density at radius 2 is 0.741 bits per heavy atom. The van der Waals surface area contributed by atoms with Crippen molar-refractivity contribution in [3.05, 3.63) is 0 Å². The van der Waals surface area contributed by atoms with Crippen molar-refractivity contribution in [1.29, 1.82) is 0 Å². The topological polar surface area (TPSA) is 46.2 Å². The first-order valence-electron chi connectivity index (χ1n) is 9.32. The van der Waals surface area contributed by atoms with Crippen LogP contribution in [0.1, 0.15) is 0 Å². The minimum Gasteiger partial charge on any atom is -0.445 e. The predicted molar refractivity (Wildman–Crippen MR) is 134 cm³/mol. The Hall–Kier alpha value is 1.23. The molecule has 0 bridgehead atoms. The fourth-order valence-corrected chi connectivity index (χ4v) is 24.9. The smallest absolute Gasteiger partial charge is 0.321 e. The number of hydrogen-bond acceptors (Lipinski definition) is 5. The molecule has 0 unspecified atom stereocenters. The highest BCUT2D eigenvalue weighted by Gasteiger charge is 2.40. The molecule has 0 atom stereocenters. The largest absolute Gasteiger partial charge is 0.445 e. The van der Waals surface area contributed by atoms with Crippen molar-refractivity contribution in [2.24, 2.45) is 0 Å². The molecule has 4 radical (unpaired) electrons. The first-order valence-corrected chi connectivity index (χ1v) is 27.2. The maximum atomic E-state index is 6.12. The van der Waals surface area contributed by atoms with E-state index in [9.17, 15) is 0 Å². The summed E-state index contributed by atoms with van der Waals surface area (Å²) >= 11 is 0. The third-order valence-corrected chi connectivity index (χ3v) is 20.0. The van der Waals surface area contributed by atoms with Crippen LogP contribution in [0.3, 0.4) is 0 Å².